The molecule has 20 heavy (non-hydrogen) atoms. The summed E-state index contributed by atoms with van der Waals surface area (Å²) in [6.07, 6.45) is 5.19. The monoisotopic (exact) mass is 286 g/mol. The van der Waals surface area contributed by atoms with Crippen molar-refractivity contribution in [1.29, 1.82) is 0 Å². The van der Waals surface area contributed by atoms with Gasteiger partial charge in [0.15, 0.2) is 0 Å². The minimum atomic E-state index is 0.783. The molecule has 3 heterocycles. The van der Waals surface area contributed by atoms with Crippen molar-refractivity contribution in [3.63, 3.8) is 0 Å². The van der Waals surface area contributed by atoms with Crippen molar-refractivity contribution < 1.29 is 0 Å². The Labute approximate surface area is 122 Å². The van der Waals surface area contributed by atoms with Crippen molar-refractivity contribution in [2.45, 2.75) is 26.4 Å². The summed E-state index contributed by atoms with van der Waals surface area (Å²) in [5.41, 5.74) is 5.30. The van der Waals surface area contributed by atoms with E-state index >= 15 is 0 Å². The second kappa shape index (κ2) is 6.15. The Bertz CT molecular complexity index is 672. The van der Waals surface area contributed by atoms with Crippen LogP contribution >= 0.6 is 11.3 Å². The first-order valence-corrected chi connectivity index (χ1v) is 7.83. The molecule has 0 radical (unpaired) electrons. The van der Waals surface area contributed by atoms with Crippen LogP contribution in [0.5, 0.6) is 0 Å². The zero-order chi connectivity index (χ0) is 13.8. The highest BCUT2D eigenvalue weighted by Gasteiger charge is 2.09. The smallest absolute Gasteiger partial charge is 0.140 e. The molecule has 0 atom stereocenters. The van der Waals surface area contributed by atoms with E-state index in [0.29, 0.717) is 0 Å². The van der Waals surface area contributed by atoms with E-state index in [4.69, 9.17) is 0 Å². The van der Waals surface area contributed by atoms with Crippen LogP contribution in [0.1, 0.15) is 24.6 Å². The van der Waals surface area contributed by atoms with Gasteiger partial charge in [-0.3, -0.25) is 0 Å². The maximum atomic E-state index is 4.52. The Kier molecular flexibility index (Phi) is 4.08. The fourth-order valence-corrected chi connectivity index (χ4v) is 2.90. The van der Waals surface area contributed by atoms with Crippen LogP contribution in [0.4, 0.5) is 0 Å². The fraction of sp³-hybridized carbons (Fsp3) is 0.333. The molecule has 0 saturated carbocycles. The number of hydrogen-bond donors (Lipinski definition) is 1. The zero-order valence-electron chi connectivity index (χ0n) is 11.5. The van der Waals surface area contributed by atoms with E-state index in [1.54, 1.807) is 11.3 Å². The van der Waals surface area contributed by atoms with E-state index < -0.39 is 0 Å². The summed E-state index contributed by atoms with van der Waals surface area (Å²) >= 11 is 1.63. The number of aromatic nitrogens is 3. The molecule has 0 aromatic carbocycles. The van der Waals surface area contributed by atoms with Gasteiger partial charge >= 0.3 is 0 Å². The highest BCUT2D eigenvalue weighted by Crippen LogP contribution is 2.20. The molecule has 5 heteroatoms. The third kappa shape index (κ3) is 2.73. The predicted octanol–water partition coefficient (Wildman–Crippen LogP) is 3.04. The molecule has 3 aromatic heterocycles. The van der Waals surface area contributed by atoms with Crippen molar-refractivity contribution in [1.82, 2.24) is 19.9 Å². The zero-order valence-corrected chi connectivity index (χ0v) is 12.4. The fourth-order valence-electron chi connectivity index (χ4n) is 2.35. The molecule has 0 unspecified atom stereocenters. The summed E-state index contributed by atoms with van der Waals surface area (Å²) < 4.78 is 2.19. The first-order valence-electron chi connectivity index (χ1n) is 6.89. The highest BCUT2D eigenvalue weighted by molar-refractivity contribution is 7.07. The van der Waals surface area contributed by atoms with Crippen molar-refractivity contribution in [3.8, 4) is 0 Å². The highest BCUT2D eigenvalue weighted by atomic mass is 32.1. The minimum absolute atomic E-state index is 0.783. The molecule has 3 aromatic rings. The van der Waals surface area contributed by atoms with Crippen LogP contribution in [-0.4, -0.2) is 21.1 Å². The molecule has 0 fully saturated rings. The van der Waals surface area contributed by atoms with E-state index in [2.05, 4.69) is 44.4 Å². The van der Waals surface area contributed by atoms with E-state index in [-0.39, 0.29) is 0 Å². The SMILES string of the molecule is CCCNCc1cn(Cc2cscn2)c2ncccc12. The van der Waals surface area contributed by atoms with Gasteiger partial charge in [0.1, 0.15) is 5.65 Å². The molecule has 0 saturated heterocycles. The molecule has 4 nitrogen and oxygen atoms in total. The Morgan fingerprint density at radius 1 is 1.35 bits per heavy atom. The van der Waals surface area contributed by atoms with E-state index in [1.807, 2.05) is 17.8 Å². The van der Waals surface area contributed by atoms with Gasteiger partial charge in [-0.2, -0.15) is 0 Å². The second-order valence-electron chi connectivity index (χ2n) is 4.81. The van der Waals surface area contributed by atoms with Crippen LogP contribution in [0.15, 0.2) is 35.4 Å². The molecule has 0 aliphatic carbocycles. The largest absolute Gasteiger partial charge is 0.326 e. The van der Waals surface area contributed by atoms with Crippen LogP contribution in [0.2, 0.25) is 0 Å². The molecular formula is C15H18N4S. The molecular weight excluding hydrogens is 268 g/mol. The molecule has 0 aliphatic rings. The number of hydrogen-bond acceptors (Lipinski definition) is 4. The number of nitrogens with one attached hydrogen (secondary N) is 1. The first kappa shape index (κ1) is 13.3. The Morgan fingerprint density at radius 2 is 2.30 bits per heavy atom. The lowest BCUT2D eigenvalue weighted by atomic mass is 10.2. The first-order chi connectivity index (χ1) is 9.88. The van der Waals surface area contributed by atoms with Gasteiger partial charge in [-0.1, -0.05) is 6.92 Å². The molecule has 0 bridgehead atoms. The van der Waals surface area contributed by atoms with Gasteiger partial charge in [-0.25, -0.2) is 9.97 Å². The molecule has 1 N–H and O–H groups in total. The third-order valence-electron chi connectivity index (χ3n) is 3.27. The molecule has 0 amide bonds. The molecule has 0 spiro atoms. The second-order valence-corrected chi connectivity index (χ2v) is 5.53. The summed E-state index contributed by atoms with van der Waals surface area (Å²) in [6, 6.07) is 4.14. The van der Waals surface area contributed by atoms with E-state index in [0.717, 1.165) is 37.4 Å². The predicted molar refractivity (Wildman–Crippen MR) is 82.9 cm³/mol. The molecule has 3 rings (SSSR count). The van der Waals surface area contributed by atoms with Crippen LogP contribution in [0.25, 0.3) is 11.0 Å². The lowest BCUT2D eigenvalue weighted by Gasteiger charge is -2.01. The topological polar surface area (TPSA) is 42.7 Å². The van der Waals surface area contributed by atoms with Crippen LogP contribution in [-0.2, 0) is 13.1 Å². The summed E-state index contributed by atoms with van der Waals surface area (Å²) in [6.45, 7) is 4.89. The number of thiazole rings is 1. The van der Waals surface area contributed by atoms with Gasteiger partial charge in [0.2, 0.25) is 0 Å². The number of rotatable bonds is 6. The molecule has 0 aliphatic heterocycles. The minimum Gasteiger partial charge on any atom is -0.326 e. The van der Waals surface area contributed by atoms with Gasteiger partial charge in [-0.05, 0) is 30.7 Å². The summed E-state index contributed by atoms with van der Waals surface area (Å²) in [7, 11) is 0. The van der Waals surface area contributed by atoms with Gasteiger partial charge in [-0.15, -0.1) is 11.3 Å². The van der Waals surface area contributed by atoms with Crippen LogP contribution < -0.4 is 5.32 Å². The van der Waals surface area contributed by atoms with Gasteiger partial charge in [0.05, 0.1) is 17.7 Å². The van der Waals surface area contributed by atoms with Crippen molar-refractivity contribution in [2.75, 3.05) is 6.54 Å². The van der Waals surface area contributed by atoms with Crippen LogP contribution in [0.3, 0.4) is 0 Å². The number of nitrogens with zero attached hydrogens (tertiary/aromatic N) is 3. The summed E-state index contributed by atoms with van der Waals surface area (Å²) in [5, 5.41) is 6.78. The normalized spacial score (nSPS) is 11.2. The van der Waals surface area contributed by atoms with E-state index in [1.165, 1.54) is 10.9 Å². The van der Waals surface area contributed by atoms with Gasteiger partial charge in [0, 0.05) is 29.7 Å². The van der Waals surface area contributed by atoms with Crippen molar-refractivity contribution >= 4 is 22.4 Å². The lowest BCUT2D eigenvalue weighted by molar-refractivity contribution is 0.675. The number of fused-ring (bicyclic) bond motifs is 1. The summed E-state index contributed by atoms with van der Waals surface area (Å²) in [5.74, 6) is 0. The van der Waals surface area contributed by atoms with Crippen LogP contribution in [0, 0.1) is 0 Å². The molecule has 104 valence electrons. The maximum absolute atomic E-state index is 4.52. The van der Waals surface area contributed by atoms with E-state index in [9.17, 15) is 0 Å². The Hall–Kier alpha value is -1.72. The maximum Gasteiger partial charge on any atom is 0.140 e. The van der Waals surface area contributed by atoms with Crippen molar-refractivity contribution in [3.05, 3.63) is 46.7 Å². The van der Waals surface area contributed by atoms with Gasteiger partial charge in [0.25, 0.3) is 0 Å². The third-order valence-corrected chi connectivity index (χ3v) is 3.91. The Morgan fingerprint density at radius 3 is 3.10 bits per heavy atom. The standard InChI is InChI=1S/C15H18N4S/c1-2-5-16-7-12-8-19(9-13-10-20-11-18-13)15-14(12)4-3-6-17-15/h3-4,6,8,10-11,16H,2,5,7,9H2,1H3. The Balaban J connectivity index is 1.91. The quantitative estimate of drug-likeness (QED) is 0.708. The van der Waals surface area contributed by atoms with Crippen molar-refractivity contribution in [2.24, 2.45) is 0 Å². The number of pyridine rings is 1. The average molecular weight is 286 g/mol. The average Bonchev–Trinajstić information content (AvgIpc) is 3.09. The lowest BCUT2D eigenvalue weighted by Crippen LogP contribution is -2.13. The summed E-state index contributed by atoms with van der Waals surface area (Å²) in [4.78, 5) is 8.88. The van der Waals surface area contributed by atoms with Gasteiger partial charge < -0.3 is 9.88 Å².